The Morgan fingerprint density at radius 2 is 2.12 bits per heavy atom. The van der Waals surface area contributed by atoms with Crippen molar-refractivity contribution in [2.45, 2.75) is 39.3 Å². The van der Waals surface area contributed by atoms with Gasteiger partial charge in [-0.1, -0.05) is 0 Å². The van der Waals surface area contributed by atoms with E-state index in [9.17, 15) is 4.79 Å². The van der Waals surface area contributed by atoms with Gasteiger partial charge in [-0.15, -0.1) is 0 Å². The van der Waals surface area contributed by atoms with Crippen LogP contribution in [-0.4, -0.2) is 38.6 Å². The van der Waals surface area contributed by atoms with Crippen LogP contribution in [0.1, 0.15) is 47.8 Å². The Balaban J connectivity index is 1.84. The van der Waals surface area contributed by atoms with E-state index in [0.717, 1.165) is 30.9 Å². The molecule has 128 valence electrons. The van der Waals surface area contributed by atoms with Crippen molar-refractivity contribution in [1.29, 1.82) is 0 Å². The molecule has 1 saturated heterocycles. The maximum atomic E-state index is 12.6. The van der Waals surface area contributed by atoms with Gasteiger partial charge in [0, 0.05) is 38.3 Å². The Bertz CT molecular complexity index is 677. The minimum Gasteiger partial charge on any atom is -0.381 e. The molecule has 0 aromatic carbocycles. The van der Waals surface area contributed by atoms with Gasteiger partial charge in [0.15, 0.2) is 0 Å². The summed E-state index contributed by atoms with van der Waals surface area (Å²) in [5.74, 6) is 0.969. The van der Waals surface area contributed by atoms with Crippen LogP contribution in [-0.2, 0) is 11.3 Å². The topological polar surface area (TPSA) is 81.9 Å². The maximum absolute atomic E-state index is 12.6. The lowest BCUT2D eigenvalue weighted by Gasteiger charge is -2.30. The number of amides is 1. The van der Waals surface area contributed by atoms with Crippen molar-refractivity contribution in [2.75, 3.05) is 13.2 Å². The molecule has 0 unspecified atom stereocenters. The number of carbonyl (C=O) groups is 1. The number of imidazole rings is 1. The van der Waals surface area contributed by atoms with Crippen molar-refractivity contribution in [2.24, 2.45) is 5.92 Å². The van der Waals surface area contributed by atoms with Gasteiger partial charge in [-0.3, -0.25) is 9.78 Å². The smallest absolute Gasteiger partial charge is 0.272 e. The van der Waals surface area contributed by atoms with Crippen LogP contribution in [0.2, 0.25) is 0 Å². The lowest BCUT2D eigenvalue weighted by molar-refractivity contribution is 0.0497. The van der Waals surface area contributed by atoms with Crippen LogP contribution in [0.5, 0.6) is 0 Å². The maximum Gasteiger partial charge on any atom is 0.272 e. The fourth-order valence-corrected chi connectivity index (χ4v) is 3.03. The first-order valence-corrected chi connectivity index (χ1v) is 8.37. The molecule has 0 spiro atoms. The van der Waals surface area contributed by atoms with E-state index in [1.165, 1.54) is 6.20 Å². The second-order valence-corrected chi connectivity index (χ2v) is 6.02. The number of nitrogens with zero attached hydrogens (tertiary/aromatic N) is 4. The number of hydrogen-bond donors (Lipinski definition) is 1. The van der Waals surface area contributed by atoms with E-state index in [-0.39, 0.29) is 11.9 Å². The summed E-state index contributed by atoms with van der Waals surface area (Å²) in [6.45, 7) is 6.16. The highest BCUT2D eigenvalue weighted by molar-refractivity contribution is 5.92. The highest BCUT2D eigenvalue weighted by Crippen LogP contribution is 2.29. The molecule has 1 aliphatic rings. The quantitative estimate of drug-likeness (QED) is 0.906. The van der Waals surface area contributed by atoms with Crippen LogP contribution in [0.25, 0.3) is 0 Å². The van der Waals surface area contributed by atoms with Crippen LogP contribution in [0, 0.1) is 12.8 Å². The molecule has 1 fully saturated rings. The lowest BCUT2D eigenvalue weighted by atomic mass is 9.91. The highest BCUT2D eigenvalue weighted by Gasteiger charge is 2.30. The molecular weight excluding hydrogens is 306 g/mol. The van der Waals surface area contributed by atoms with Gasteiger partial charge in [-0.25, -0.2) is 9.97 Å². The van der Waals surface area contributed by atoms with E-state index in [1.807, 2.05) is 13.1 Å². The molecule has 0 saturated carbocycles. The van der Waals surface area contributed by atoms with Crippen LogP contribution >= 0.6 is 0 Å². The monoisotopic (exact) mass is 329 g/mol. The van der Waals surface area contributed by atoms with Crippen LogP contribution < -0.4 is 5.32 Å². The van der Waals surface area contributed by atoms with Gasteiger partial charge in [0.05, 0.1) is 17.9 Å². The lowest BCUT2D eigenvalue weighted by Crippen LogP contribution is -2.38. The first kappa shape index (κ1) is 16.6. The summed E-state index contributed by atoms with van der Waals surface area (Å²) in [5.41, 5.74) is 1.11. The summed E-state index contributed by atoms with van der Waals surface area (Å²) in [5, 5.41) is 3.12. The first-order chi connectivity index (χ1) is 11.7. The normalized spacial score (nSPS) is 16.8. The molecule has 0 bridgehead atoms. The molecule has 2 aromatic heterocycles. The Labute approximate surface area is 141 Å². The predicted molar refractivity (Wildman–Crippen MR) is 88.4 cm³/mol. The fourth-order valence-electron chi connectivity index (χ4n) is 3.03. The SMILES string of the molecule is CCn1ccnc1[C@H](NC(=O)c1cnc(C)cn1)C1CCOCC1. The molecule has 0 aliphatic carbocycles. The molecule has 1 atom stereocenters. The highest BCUT2D eigenvalue weighted by atomic mass is 16.5. The van der Waals surface area contributed by atoms with Crippen molar-refractivity contribution in [1.82, 2.24) is 24.8 Å². The van der Waals surface area contributed by atoms with Crippen molar-refractivity contribution in [3.05, 3.63) is 42.0 Å². The number of carbonyl (C=O) groups excluding carboxylic acids is 1. The molecule has 7 heteroatoms. The Hall–Kier alpha value is -2.28. The molecule has 24 heavy (non-hydrogen) atoms. The standard InChI is InChI=1S/C17H23N5O2/c1-3-22-7-6-18-16(22)15(13-4-8-24-9-5-13)21-17(23)14-11-19-12(2)10-20-14/h6-7,10-11,13,15H,3-5,8-9H2,1-2H3,(H,21,23)/t15-/m1/s1. The summed E-state index contributed by atoms with van der Waals surface area (Å²) in [6.07, 6.45) is 8.65. The molecule has 1 aliphatic heterocycles. The zero-order valence-corrected chi connectivity index (χ0v) is 14.1. The van der Waals surface area contributed by atoms with E-state index in [2.05, 4.69) is 31.8 Å². The van der Waals surface area contributed by atoms with E-state index >= 15 is 0 Å². The number of rotatable bonds is 5. The second-order valence-electron chi connectivity index (χ2n) is 6.02. The van der Waals surface area contributed by atoms with E-state index in [1.54, 1.807) is 12.4 Å². The first-order valence-electron chi connectivity index (χ1n) is 8.37. The van der Waals surface area contributed by atoms with Crippen molar-refractivity contribution < 1.29 is 9.53 Å². The molecule has 3 heterocycles. The van der Waals surface area contributed by atoms with Crippen molar-refractivity contribution >= 4 is 5.91 Å². The van der Waals surface area contributed by atoms with Gasteiger partial charge < -0.3 is 14.6 Å². The average Bonchev–Trinajstić information content (AvgIpc) is 3.09. The van der Waals surface area contributed by atoms with Gasteiger partial charge in [0.25, 0.3) is 5.91 Å². The predicted octanol–water partition coefficient (Wildman–Crippen LogP) is 1.90. The van der Waals surface area contributed by atoms with Gasteiger partial charge in [-0.2, -0.15) is 0 Å². The van der Waals surface area contributed by atoms with Gasteiger partial charge in [-0.05, 0) is 32.6 Å². The summed E-state index contributed by atoms with van der Waals surface area (Å²) in [4.78, 5) is 25.4. The largest absolute Gasteiger partial charge is 0.381 e. The zero-order valence-electron chi connectivity index (χ0n) is 14.1. The van der Waals surface area contributed by atoms with E-state index in [0.29, 0.717) is 24.8 Å². The van der Waals surface area contributed by atoms with Gasteiger partial charge in [0.2, 0.25) is 0 Å². The molecule has 7 nitrogen and oxygen atoms in total. The summed E-state index contributed by atoms with van der Waals surface area (Å²) >= 11 is 0. The third kappa shape index (κ3) is 3.62. The van der Waals surface area contributed by atoms with Gasteiger partial charge >= 0.3 is 0 Å². The number of hydrogen-bond acceptors (Lipinski definition) is 5. The van der Waals surface area contributed by atoms with Gasteiger partial charge in [0.1, 0.15) is 11.5 Å². The van der Waals surface area contributed by atoms with Crippen LogP contribution in [0.4, 0.5) is 0 Å². The number of aryl methyl sites for hydroxylation is 2. The summed E-state index contributed by atoms with van der Waals surface area (Å²) in [6, 6.07) is -0.153. The van der Waals surface area contributed by atoms with Crippen LogP contribution in [0.15, 0.2) is 24.8 Å². The summed E-state index contributed by atoms with van der Waals surface area (Å²) in [7, 11) is 0. The molecule has 2 aromatic rings. The second kappa shape index (κ2) is 7.53. The minimum atomic E-state index is -0.218. The van der Waals surface area contributed by atoms with Crippen molar-refractivity contribution in [3.63, 3.8) is 0 Å². The van der Waals surface area contributed by atoms with E-state index in [4.69, 9.17) is 4.74 Å². The third-order valence-electron chi connectivity index (χ3n) is 4.40. The van der Waals surface area contributed by atoms with Crippen molar-refractivity contribution in [3.8, 4) is 0 Å². The average molecular weight is 329 g/mol. The summed E-state index contributed by atoms with van der Waals surface area (Å²) < 4.78 is 7.53. The molecule has 1 amide bonds. The van der Waals surface area contributed by atoms with E-state index < -0.39 is 0 Å². The minimum absolute atomic E-state index is 0.153. The molecule has 3 rings (SSSR count). The number of aromatic nitrogens is 4. The zero-order chi connectivity index (χ0) is 16.9. The fraction of sp³-hybridized carbons (Fsp3) is 0.529. The van der Waals surface area contributed by atoms with Crippen LogP contribution in [0.3, 0.4) is 0 Å². The Kier molecular flexibility index (Phi) is 5.20. The number of ether oxygens (including phenoxy) is 1. The molecular formula is C17H23N5O2. The molecule has 0 radical (unpaired) electrons. The third-order valence-corrected chi connectivity index (χ3v) is 4.40. The molecule has 1 N–H and O–H groups in total. The Morgan fingerprint density at radius 1 is 1.33 bits per heavy atom. The number of nitrogens with one attached hydrogen (secondary N) is 1. The Morgan fingerprint density at radius 3 is 2.79 bits per heavy atom.